The van der Waals surface area contributed by atoms with E-state index in [9.17, 15) is 4.79 Å². The number of aromatic amines is 1. The van der Waals surface area contributed by atoms with Gasteiger partial charge in [-0.3, -0.25) is 14.6 Å². The Kier molecular flexibility index (Phi) is 5.22. The van der Waals surface area contributed by atoms with Gasteiger partial charge in [0.1, 0.15) is 5.69 Å². The Morgan fingerprint density at radius 2 is 2.20 bits per heavy atom. The van der Waals surface area contributed by atoms with Crippen LogP contribution in [0.25, 0.3) is 0 Å². The zero-order valence-corrected chi connectivity index (χ0v) is 15.6. The van der Waals surface area contributed by atoms with Crippen molar-refractivity contribution in [3.63, 3.8) is 0 Å². The predicted molar refractivity (Wildman–Crippen MR) is 96.6 cm³/mol. The summed E-state index contributed by atoms with van der Waals surface area (Å²) < 4.78 is 1.92. The minimum atomic E-state index is -0.0240. The highest BCUT2D eigenvalue weighted by Crippen LogP contribution is 2.17. The summed E-state index contributed by atoms with van der Waals surface area (Å²) in [7, 11) is 4.01. The van der Waals surface area contributed by atoms with E-state index in [1.165, 1.54) is 12.8 Å². The molecule has 0 saturated carbocycles. The fraction of sp³-hybridized carbons (Fsp3) is 0.611. The third kappa shape index (κ3) is 4.28. The second-order valence-electron chi connectivity index (χ2n) is 7.32. The number of likely N-dealkylation sites (tertiary alicyclic amines) is 1. The first-order valence-electron chi connectivity index (χ1n) is 8.91. The monoisotopic (exact) mass is 344 g/mol. The molecule has 3 heterocycles. The summed E-state index contributed by atoms with van der Waals surface area (Å²) in [5, 5.41) is 11.6. The van der Waals surface area contributed by atoms with Crippen LogP contribution in [0.5, 0.6) is 0 Å². The molecule has 0 bridgehead atoms. The van der Waals surface area contributed by atoms with E-state index < -0.39 is 0 Å². The number of carbonyl (C=O) groups excluding carboxylic acids is 1. The van der Waals surface area contributed by atoms with Crippen LogP contribution in [0.15, 0.2) is 12.1 Å². The van der Waals surface area contributed by atoms with E-state index >= 15 is 0 Å². The number of nitrogens with one attached hydrogen (secondary N) is 1. The third-order valence-electron chi connectivity index (χ3n) is 4.87. The van der Waals surface area contributed by atoms with Crippen molar-refractivity contribution in [1.29, 1.82) is 0 Å². The molecule has 7 nitrogen and oxygen atoms in total. The Morgan fingerprint density at radius 3 is 2.88 bits per heavy atom. The Labute approximate surface area is 149 Å². The molecule has 7 heteroatoms. The summed E-state index contributed by atoms with van der Waals surface area (Å²) in [6.45, 7) is 7.59. The van der Waals surface area contributed by atoms with Crippen LogP contribution in [0.2, 0.25) is 0 Å². The normalized spacial score (nSPS) is 18.5. The molecule has 1 unspecified atom stereocenters. The number of hydrogen-bond donors (Lipinski definition) is 1. The molecule has 0 aliphatic carbocycles. The van der Waals surface area contributed by atoms with Crippen LogP contribution in [0.1, 0.15) is 40.4 Å². The fourth-order valence-electron chi connectivity index (χ4n) is 3.64. The van der Waals surface area contributed by atoms with Crippen LogP contribution in [0, 0.1) is 19.8 Å². The van der Waals surface area contributed by atoms with Crippen LogP contribution in [-0.2, 0) is 6.54 Å². The van der Waals surface area contributed by atoms with Gasteiger partial charge in [0.2, 0.25) is 0 Å². The molecule has 1 saturated heterocycles. The number of nitrogens with zero attached hydrogens (tertiary/aromatic N) is 5. The summed E-state index contributed by atoms with van der Waals surface area (Å²) in [5.74, 6) is 0.518. The van der Waals surface area contributed by atoms with Gasteiger partial charge in [-0.25, -0.2) is 0 Å². The number of amides is 1. The number of hydrogen-bond acceptors (Lipinski definition) is 4. The zero-order valence-electron chi connectivity index (χ0n) is 15.6. The van der Waals surface area contributed by atoms with Gasteiger partial charge in [0.15, 0.2) is 0 Å². The molecule has 1 aliphatic heterocycles. The average Bonchev–Trinajstić information content (AvgIpc) is 3.13. The minimum absolute atomic E-state index is 0.0240. The molecule has 0 aromatic carbocycles. The maximum Gasteiger partial charge on any atom is 0.274 e. The Bertz CT molecular complexity index is 734. The van der Waals surface area contributed by atoms with E-state index in [2.05, 4.69) is 27.2 Å². The van der Waals surface area contributed by atoms with E-state index in [1.54, 1.807) is 4.90 Å². The van der Waals surface area contributed by atoms with Gasteiger partial charge in [-0.15, -0.1) is 0 Å². The van der Waals surface area contributed by atoms with Gasteiger partial charge < -0.3 is 9.80 Å². The number of aryl methyl sites for hydroxylation is 2. The molecule has 3 rings (SSSR count). The largest absolute Gasteiger partial charge is 0.340 e. The zero-order chi connectivity index (χ0) is 18.0. The molecule has 1 N–H and O–H groups in total. The molecular weight excluding hydrogens is 316 g/mol. The van der Waals surface area contributed by atoms with Crippen molar-refractivity contribution >= 4 is 5.91 Å². The molecule has 1 aliphatic rings. The quantitative estimate of drug-likeness (QED) is 0.896. The van der Waals surface area contributed by atoms with Crippen LogP contribution >= 0.6 is 0 Å². The van der Waals surface area contributed by atoms with Gasteiger partial charge in [0.05, 0.1) is 17.9 Å². The van der Waals surface area contributed by atoms with Crippen LogP contribution in [0.4, 0.5) is 0 Å². The number of aromatic nitrogens is 4. The molecule has 1 fully saturated rings. The van der Waals surface area contributed by atoms with Crippen molar-refractivity contribution < 1.29 is 4.79 Å². The van der Waals surface area contributed by atoms with Gasteiger partial charge in [-0.1, -0.05) is 0 Å². The van der Waals surface area contributed by atoms with Crippen LogP contribution in [-0.4, -0.2) is 69.4 Å². The van der Waals surface area contributed by atoms with Gasteiger partial charge in [0.25, 0.3) is 5.91 Å². The maximum atomic E-state index is 12.6. The molecule has 2 aromatic rings. The van der Waals surface area contributed by atoms with Gasteiger partial charge in [-0.05, 0) is 58.3 Å². The Morgan fingerprint density at radius 1 is 1.40 bits per heavy atom. The van der Waals surface area contributed by atoms with Gasteiger partial charge in [-0.2, -0.15) is 10.2 Å². The van der Waals surface area contributed by atoms with E-state index in [0.29, 0.717) is 18.2 Å². The minimum Gasteiger partial charge on any atom is -0.340 e. The summed E-state index contributed by atoms with van der Waals surface area (Å²) in [6, 6.07) is 3.87. The standard InChI is InChI=1S/C18H28N6O/c1-13-8-14(2)24(21-13)12-16-9-17(20-19-16)18(25)23(4)11-15-6-5-7-22(3)10-15/h8-9,15H,5-7,10-12H2,1-4H3,(H,19,20). The SMILES string of the molecule is Cc1cc(C)n(Cc2cc(C(=O)N(C)CC3CCCN(C)C3)n[nH]2)n1. The number of H-pyrrole nitrogens is 1. The highest BCUT2D eigenvalue weighted by atomic mass is 16.2. The number of carbonyl (C=O) groups is 1. The molecular formula is C18H28N6O. The summed E-state index contributed by atoms with van der Waals surface area (Å²) in [4.78, 5) is 16.8. The van der Waals surface area contributed by atoms with E-state index in [4.69, 9.17) is 0 Å². The lowest BCUT2D eigenvalue weighted by Gasteiger charge is -2.32. The Balaban J connectivity index is 1.60. The lowest BCUT2D eigenvalue weighted by Crippen LogP contribution is -2.40. The number of piperidine rings is 1. The lowest BCUT2D eigenvalue weighted by atomic mass is 9.98. The average molecular weight is 344 g/mol. The Hall–Kier alpha value is -2.15. The van der Waals surface area contributed by atoms with Crippen molar-refractivity contribution in [1.82, 2.24) is 29.8 Å². The molecule has 2 aromatic heterocycles. The molecule has 1 amide bonds. The third-order valence-corrected chi connectivity index (χ3v) is 4.87. The van der Waals surface area contributed by atoms with Crippen molar-refractivity contribution in [2.75, 3.05) is 33.7 Å². The second kappa shape index (κ2) is 7.39. The molecule has 25 heavy (non-hydrogen) atoms. The van der Waals surface area contributed by atoms with Gasteiger partial charge in [0, 0.05) is 25.8 Å². The van der Waals surface area contributed by atoms with Crippen molar-refractivity contribution in [3.8, 4) is 0 Å². The number of rotatable bonds is 5. The fourth-order valence-corrected chi connectivity index (χ4v) is 3.64. The molecule has 0 radical (unpaired) electrons. The van der Waals surface area contributed by atoms with Crippen LogP contribution in [0.3, 0.4) is 0 Å². The van der Waals surface area contributed by atoms with E-state index in [-0.39, 0.29) is 5.91 Å². The molecule has 1 atom stereocenters. The molecule has 136 valence electrons. The van der Waals surface area contributed by atoms with Crippen LogP contribution < -0.4 is 0 Å². The maximum absolute atomic E-state index is 12.6. The predicted octanol–water partition coefficient (Wildman–Crippen LogP) is 1.69. The van der Waals surface area contributed by atoms with Crippen molar-refractivity contribution in [2.24, 2.45) is 5.92 Å². The highest BCUT2D eigenvalue weighted by Gasteiger charge is 2.22. The van der Waals surface area contributed by atoms with Crippen molar-refractivity contribution in [3.05, 3.63) is 34.9 Å². The topological polar surface area (TPSA) is 70.1 Å². The summed E-state index contributed by atoms with van der Waals surface area (Å²) in [5.41, 5.74) is 3.45. The van der Waals surface area contributed by atoms with E-state index in [1.807, 2.05) is 37.7 Å². The summed E-state index contributed by atoms with van der Waals surface area (Å²) in [6.07, 6.45) is 2.39. The second-order valence-corrected chi connectivity index (χ2v) is 7.32. The summed E-state index contributed by atoms with van der Waals surface area (Å²) >= 11 is 0. The van der Waals surface area contributed by atoms with E-state index in [0.717, 1.165) is 36.7 Å². The first-order chi connectivity index (χ1) is 11.9. The smallest absolute Gasteiger partial charge is 0.274 e. The van der Waals surface area contributed by atoms with Crippen molar-refractivity contribution in [2.45, 2.75) is 33.2 Å². The first kappa shape index (κ1) is 17.7. The lowest BCUT2D eigenvalue weighted by molar-refractivity contribution is 0.0735. The molecule has 0 spiro atoms. The van der Waals surface area contributed by atoms with Gasteiger partial charge >= 0.3 is 0 Å². The highest BCUT2D eigenvalue weighted by molar-refractivity contribution is 5.92. The first-order valence-corrected chi connectivity index (χ1v) is 8.91.